The second-order valence-electron chi connectivity index (χ2n) is 2.46. The highest BCUT2D eigenvalue weighted by Crippen LogP contribution is 1.41. The number of aliphatic carboxylic acids is 2. The fourth-order valence-corrected chi connectivity index (χ4v) is 0.520. The second-order valence-corrected chi connectivity index (χ2v) is 3.34. The van der Waals surface area contributed by atoms with Gasteiger partial charge in [-0.25, -0.2) is 9.98 Å². The second kappa shape index (κ2) is 18.2. The lowest BCUT2D eigenvalue weighted by atomic mass is 10.7. The summed E-state index contributed by atoms with van der Waals surface area (Å²) >= 11 is 8.72. The molecule has 0 aromatic rings. The fourth-order valence-electron chi connectivity index (χ4n) is 0.285. The molecule has 0 aliphatic rings. The Morgan fingerprint density at radius 2 is 0.864 bits per heavy atom. The van der Waals surface area contributed by atoms with E-state index in [2.05, 4.69) is 34.4 Å². The molecule has 0 radical (unpaired) electrons. The molecule has 0 heterocycles. The van der Waals surface area contributed by atoms with E-state index in [4.69, 9.17) is 54.2 Å². The first-order valence-electron chi connectivity index (χ1n) is 4.21. The van der Waals surface area contributed by atoms with Gasteiger partial charge in [-0.3, -0.25) is 0 Å². The van der Waals surface area contributed by atoms with E-state index >= 15 is 0 Å². The molecule has 130 valence electrons. The maximum Gasteiger partial charge on any atom is 0.303 e. The van der Waals surface area contributed by atoms with Crippen molar-refractivity contribution in [1.82, 2.24) is 0 Å². The summed E-state index contributed by atoms with van der Waals surface area (Å²) in [5.74, 6) is -4.33. The Balaban J connectivity index is -0.0000000630. The molecule has 0 aromatic carbocycles. The van der Waals surface area contributed by atoms with Crippen LogP contribution in [0.4, 0.5) is 0 Å². The van der Waals surface area contributed by atoms with Gasteiger partial charge in [-0.2, -0.15) is 0 Å². The van der Waals surface area contributed by atoms with E-state index in [1.54, 1.807) is 0 Å². The summed E-state index contributed by atoms with van der Waals surface area (Å²) in [6.07, 6.45) is 0. The molecule has 0 aliphatic carbocycles. The highest BCUT2D eigenvalue weighted by Gasteiger charge is 1.83. The zero-order chi connectivity index (χ0) is 16.9. The predicted molar refractivity (Wildman–Crippen MR) is 79.5 cm³/mol. The molecular formula is C6H18N8O6S2. The van der Waals surface area contributed by atoms with Crippen LogP contribution < -0.4 is 54.6 Å². The van der Waals surface area contributed by atoms with Gasteiger partial charge >= 0.3 is 11.9 Å². The molecule has 18 N–H and O–H groups in total. The Hall–Kier alpha value is -2.82. The number of carbonyl (C=O) groups is 2. The molecule has 0 saturated heterocycles. The minimum Gasteiger partial charge on any atom is -0.543 e. The molecule has 0 amide bonds. The van der Waals surface area contributed by atoms with Gasteiger partial charge in [0.2, 0.25) is 0 Å². The Kier molecular flexibility index (Phi) is 26.1. The highest BCUT2D eigenvalue weighted by atomic mass is 32.1. The van der Waals surface area contributed by atoms with Crippen LogP contribution in [0.15, 0.2) is 0 Å². The summed E-state index contributed by atoms with van der Waals surface area (Å²) < 4.78 is 0. The minimum absolute atomic E-state index is 0. The molecule has 0 bridgehead atoms. The molecular weight excluding hydrogens is 344 g/mol. The van der Waals surface area contributed by atoms with Crippen molar-refractivity contribution >= 4 is 58.5 Å². The average Bonchev–Trinajstić information content (AvgIpc) is 2.13. The Morgan fingerprint density at radius 3 is 0.864 bits per heavy atom. The number of guanidine groups is 2. The van der Waals surface area contributed by atoms with Crippen LogP contribution in [0.5, 0.6) is 0 Å². The van der Waals surface area contributed by atoms with Gasteiger partial charge in [-0.05, 0) is 24.4 Å². The number of hydrogen-bond donors (Lipinski definition) is 8. The molecule has 0 spiro atoms. The van der Waals surface area contributed by atoms with E-state index in [-0.39, 0.29) is 33.1 Å². The lowest BCUT2D eigenvalue weighted by Crippen LogP contribution is -2.83. The van der Waals surface area contributed by atoms with Crippen LogP contribution in [-0.2, 0) is 9.59 Å². The number of rotatable bonds is 0. The number of carboxylic acids is 2. The van der Waals surface area contributed by atoms with Crippen molar-refractivity contribution in [1.29, 1.82) is 0 Å². The molecule has 22 heavy (non-hydrogen) atoms. The first-order chi connectivity index (χ1) is 8.89. The summed E-state index contributed by atoms with van der Waals surface area (Å²) in [4.78, 5) is 22.4. The van der Waals surface area contributed by atoms with Gasteiger partial charge in [-0.1, -0.05) is 0 Å². The smallest absolute Gasteiger partial charge is 0.303 e. The van der Waals surface area contributed by atoms with Crippen LogP contribution in [0, 0.1) is 0 Å². The molecule has 0 unspecified atom stereocenters. The number of nitrogens with one attached hydrogen (secondary N) is 2. The minimum atomic E-state index is -2.19. The van der Waals surface area contributed by atoms with Crippen LogP contribution in [-0.4, -0.2) is 45.0 Å². The molecule has 16 heteroatoms. The van der Waals surface area contributed by atoms with E-state index in [1.807, 2.05) is 0 Å². The number of carboxylic acid groups (broad SMARTS) is 2. The Labute approximate surface area is 134 Å². The lowest BCUT2D eigenvalue weighted by molar-refractivity contribution is -0.345. The van der Waals surface area contributed by atoms with Crippen molar-refractivity contribution in [2.45, 2.75) is 0 Å². The third kappa shape index (κ3) is 53.4. The van der Waals surface area contributed by atoms with Gasteiger partial charge < -0.3 is 65.2 Å². The summed E-state index contributed by atoms with van der Waals surface area (Å²) in [6.45, 7) is 0. The van der Waals surface area contributed by atoms with E-state index in [1.165, 1.54) is 0 Å². The lowest BCUT2D eigenvalue weighted by Gasteiger charge is -1.97. The van der Waals surface area contributed by atoms with Crippen molar-refractivity contribution in [3.8, 4) is 0 Å². The summed E-state index contributed by atoms with van der Waals surface area (Å²) in [5, 5.41) is 18.0. The van der Waals surface area contributed by atoms with Crippen LogP contribution in [0.25, 0.3) is 0 Å². The van der Waals surface area contributed by atoms with Crippen molar-refractivity contribution in [2.75, 3.05) is 0 Å². The van der Waals surface area contributed by atoms with Gasteiger partial charge in [0.25, 0.3) is 10.2 Å². The van der Waals surface area contributed by atoms with Gasteiger partial charge in [0, 0.05) is 0 Å². The van der Waals surface area contributed by atoms with Crippen LogP contribution in [0.1, 0.15) is 0 Å². The SMILES string of the molecule is NC(=S)[NH+]=C(N)N.NC(=S)[NH+]=C(N)N.O.O.O=C([O-])C(=O)[O-]. The first-order valence-corrected chi connectivity index (χ1v) is 5.02. The average molecular weight is 362 g/mol. The summed E-state index contributed by atoms with van der Waals surface area (Å²) in [6, 6.07) is 0. The molecule has 0 aromatic heterocycles. The maximum atomic E-state index is 8.93. The summed E-state index contributed by atoms with van der Waals surface area (Å²) in [7, 11) is 0. The van der Waals surface area contributed by atoms with Gasteiger partial charge in [0.05, 0.1) is 11.9 Å². The zero-order valence-electron chi connectivity index (χ0n) is 10.9. The molecule has 0 fully saturated rings. The summed E-state index contributed by atoms with van der Waals surface area (Å²) in [5.41, 5.74) is 29.5. The van der Waals surface area contributed by atoms with Crippen molar-refractivity contribution < 1.29 is 40.7 Å². The molecule has 0 saturated carbocycles. The van der Waals surface area contributed by atoms with Crippen LogP contribution in [0.2, 0.25) is 0 Å². The molecule has 0 atom stereocenters. The zero-order valence-corrected chi connectivity index (χ0v) is 12.5. The predicted octanol–water partition coefficient (Wildman–Crippen LogP) is -12.0. The Morgan fingerprint density at radius 1 is 0.682 bits per heavy atom. The van der Waals surface area contributed by atoms with Crippen molar-refractivity contribution in [2.24, 2.45) is 34.4 Å². The Bertz CT molecular complexity index is 391. The molecule has 14 nitrogen and oxygen atoms in total. The standard InChI is InChI=1S/2C2H6N4S.C2H2O4.2H2O/c2*3-1(4)6-2(5)7;3-1(4)2(5)6;;/h2*(H6,3,4,5,6,7);(H,3,4)(H,5,6);2*1H2. The fraction of sp³-hybridized carbons (Fsp3) is 0. The van der Waals surface area contributed by atoms with Crippen LogP contribution in [0.3, 0.4) is 0 Å². The number of thiocarbonyl (C=S) groups is 2. The molecule has 0 rings (SSSR count). The van der Waals surface area contributed by atoms with Gasteiger partial charge in [0.15, 0.2) is 0 Å². The number of nitrogens with two attached hydrogens (primary N) is 6. The van der Waals surface area contributed by atoms with Crippen LogP contribution >= 0.6 is 24.4 Å². The number of hydrogen-bond acceptors (Lipinski definition) is 6. The van der Waals surface area contributed by atoms with E-state index in [9.17, 15) is 0 Å². The van der Waals surface area contributed by atoms with Crippen molar-refractivity contribution in [3.05, 3.63) is 0 Å². The maximum absolute atomic E-state index is 8.93. The first kappa shape index (κ1) is 31.5. The topological polar surface area (TPSA) is 327 Å². The third-order valence-electron chi connectivity index (χ3n) is 0.702. The highest BCUT2D eigenvalue weighted by molar-refractivity contribution is 7.80. The molecule has 0 aliphatic heterocycles. The van der Waals surface area contributed by atoms with E-state index in [0.717, 1.165) is 0 Å². The van der Waals surface area contributed by atoms with Gasteiger partial charge in [0.1, 0.15) is 0 Å². The normalized spacial score (nSPS) is 6.73. The third-order valence-corrected chi connectivity index (χ3v) is 0.906. The monoisotopic (exact) mass is 362 g/mol. The van der Waals surface area contributed by atoms with Gasteiger partial charge in [-0.15, -0.1) is 0 Å². The quantitative estimate of drug-likeness (QED) is 0.0860. The van der Waals surface area contributed by atoms with Crippen molar-refractivity contribution in [3.63, 3.8) is 0 Å². The largest absolute Gasteiger partial charge is 0.543 e. The van der Waals surface area contributed by atoms with E-state index in [0.29, 0.717) is 0 Å². The number of carbonyl (C=O) groups excluding carboxylic acids is 2. The van der Waals surface area contributed by atoms with E-state index < -0.39 is 11.9 Å².